The number of hydrogen-bond donors (Lipinski definition) is 0. The van der Waals surface area contributed by atoms with Crippen LogP contribution in [0.25, 0.3) is 0 Å². The van der Waals surface area contributed by atoms with Crippen LogP contribution in [0.1, 0.15) is 12.0 Å². The van der Waals surface area contributed by atoms with Crippen molar-refractivity contribution in [3.63, 3.8) is 0 Å². The number of sulfonamides is 1. The normalized spacial score (nSPS) is 16.3. The van der Waals surface area contributed by atoms with E-state index in [1.807, 2.05) is 4.90 Å². The highest BCUT2D eigenvalue weighted by molar-refractivity contribution is 7.89. The maximum absolute atomic E-state index is 12.3. The summed E-state index contributed by atoms with van der Waals surface area (Å²) in [4.78, 5) is 2.01. The minimum Gasteiger partial charge on any atom is -0.385 e. The minimum absolute atomic E-state index is 0.0987. The molecule has 1 fully saturated rings. The summed E-state index contributed by atoms with van der Waals surface area (Å²) >= 11 is 6.01. The first-order valence-corrected chi connectivity index (χ1v) is 9.38. The van der Waals surface area contributed by atoms with Crippen molar-refractivity contribution < 1.29 is 13.2 Å². The highest BCUT2D eigenvalue weighted by atomic mass is 35.5. The zero-order chi connectivity index (χ0) is 16.9. The molecule has 0 saturated carbocycles. The van der Waals surface area contributed by atoms with Crippen LogP contribution in [-0.4, -0.2) is 58.4 Å². The lowest BCUT2D eigenvalue weighted by Crippen LogP contribution is -2.49. The fraction of sp³-hybridized carbons (Fsp3) is 0.533. The van der Waals surface area contributed by atoms with Crippen LogP contribution in [0.2, 0.25) is 5.02 Å². The quantitative estimate of drug-likeness (QED) is 0.724. The van der Waals surface area contributed by atoms with Crippen LogP contribution in [0.4, 0.5) is 5.69 Å². The van der Waals surface area contributed by atoms with Crippen LogP contribution in [0, 0.1) is 11.3 Å². The Morgan fingerprint density at radius 1 is 1.30 bits per heavy atom. The molecule has 0 radical (unpaired) electrons. The second kappa shape index (κ2) is 7.97. The molecule has 0 atom stereocenters. The molecule has 1 saturated heterocycles. The molecule has 1 aromatic rings. The van der Waals surface area contributed by atoms with Gasteiger partial charge in [-0.2, -0.15) is 9.57 Å². The third-order valence-electron chi connectivity index (χ3n) is 3.80. The molecule has 0 spiro atoms. The Morgan fingerprint density at radius 2 is 2.00 bits per heavy atom. The molecular weight excluding hydrogens is 338 g/mol. The first-order valence-electron chi connectivity index (χ1n) is 7.39. The Labute approximate surface area is 142 Å². The predicted molar refractivity (Wildman–Crippen MR) is 90.2 cm³/mol. The Kier molecular flexibility index (Phi) is 6.25. The zero-order valence-electron chi connectivity index (χ0n) is 13.0. The van der Waals surface area contributed by atoms with Crippen molar-refractivity contribution in [3.05, 3.63) is 28.8 Å². The van der Waals surface area contributed by atoms with Gasteiger partial charge in [0.2, 0.25) is 10.0 Å². The van der Waals surface area contributed by atoms with E-state index in [1.54, 1.807) is 25.3 Å². The van der Waals surface area contributed by atoms with Gasteiger partial charge in [-0.3, -0.25) is 0 Å². The van der Waals surface area contributed by atoms with Gasteiger partial charge in [0.05, 0.1) is 17.0 Å². The molecule has 1 aliphatic heterocycles. The van der Waals surface area contributed by atoms with E-state index >= 15 is 0 Å². The molecular formula is C15H20ClN3O3S. The van der Waals surface area contributed by atoms with Gasteiger partial charge in [-0.05, 0) is 24.6 Å². The average molecular weight is 358 g/mol. The summed E-state index contributed by atoms with van der Waals surface area (Å²) in [7, 11) is -1.69. The predicted octanol–water partition coefficient (Wildman–Crippen LogP) is 1.70. The van der Waals surface area contributed by atoms with Gasteiger partial charge in [0.25, 0.3) is 0 Å². The fourth-order valence-electron chi connectivity index (χ4n) is 2.58. The minimum atomic E-state index is -3.25. The zero-order valence-corrected chi connectivity index (χ0v) is 14.6. The molecule has 8 heteroatoms. The van der Waals surface area contributed by atoms with Crippen LogP contribution >= 0.6 is 11.6 Å². The molecule has 0 aromatic heterocycles. The maximum Gasteiger partial charge on any atom is 0.214 e. The first-order chi connectivity index (χ1) is 11.0. The smallest absolute Gasteiger partial charge is 0.214 e. The Morgan fingerprint density at radius 3 is 2.61 bits per heavy atom. The van der Waals surface area contributed by atoms with E-state index in [9.17, 15) is 13.7 Å². The summed E-state index contributed by atoms with van der Waals surface area (Å²) in [6, 6.07) is 7.27. The largest absolute Gasteiger partial charge is 0.385 e. The van der Waals surface area contributed by atoms with Crippen molar-refractivity contribution in [1.29, 1.82) is 5.26 Å². The van der Waals surface area contributed by atoms with E-state index in [1.165, 1.54) is 4.31 Å². The van der Waals surface area contributed by atoms with E-state index in [0.717, 1.165) is 5.69 Å². The van der Waals surface area contributed by atoms with Crippen molar-refractivity contribution in [3.8, 4) is 6.07 Å². The fourth-order valence-corrected chi connectivity index (χ4v) is 4.21. The first kappa shape index (κ1) is 18.0. The number of piperazine rings is 1. The summed E-state index contributed by atoms with van der Waals surface area (Å²) in [6.07, 6.45) is 0.492. The molecule has 2 rings (SSSR count). The molecule has 0 unspecified atom stereocenters. The average Bonchev–Trinajstić information content (AvgIpc) is 2.55. The lowest BCUT2D eigenvalue weighted by atomic mass is 10.1. The standard InChI is InChI=1S/C15H20ClN3O3S/c1-22-9-2-10-23(20,21)19-7-5-18(6-8-19)15-11-14(16)4-3-13(15)12-17/h3-4,11H,2,5-10H2,1H3. The number of nitrogens with zero attached hydrogens (tertiary/aromatic N) is 3. The van der Waals surface area contributed by atoms with Crippen molar-refractivity contribution in [2.24, 2.45) is 0 Å². The second-order valence-electron chi connectivity index (χ2n) is 5.32. The Hall–Kier alpha value is -1.33. The molecule has 1 heterocycles. The van der Waals surface area contributed by atoms with Crippen LogP contribution < -0.4 is 4.90 Å². The molecule has 0 bridgehead atoms. The van der Waals surface area contributed by atoms with Gasteiger partial charge in [0.15, 0.2) is 0 Å². The number of nitriles is 1. The maximum atomic E-state index is 12.3. The number of halogens is 1. The van der Waals surface area contributed by atoms with Gasteiger partial charge in [-0.15, -0.1) is 0 Å². The van der Waals surface area contributed by atoms with Gasteiger partial charge >= 0.3 is 0 Å². The highest BCUT2D eigenvalue weighted by Gasteiger charge is 2.27. The van der Waals surface area contributed by atoms with E-state index in [0.29, 0.717) is 49.8 Å². The van der Waals surface area contributed by atoms with Crippen molar-refractivity contribution in [2.75, 3.05) is 50.5 Å². The van der Waals surface area contributed by atoms with Crippen LogP contribution in [0.3, 0.4) is 0 Å². The lowest BCUT2D eigenvalue weighted by Gasteiger charge is -2.35. The van der Waals surface area contributed by atoms with Crippen molar-refractivity contribution >= 4 is 27.3 Å². The summed E-state index contributed by atoms with van der Waals surface area (Å²) in [6.45, 7) is 2.34. The number of benzene rings is 1. The summed E-state index contributed by atoms with van der Waals surface area (Å²) in [5.74, 6) is 0.0987. The van der Waals surface area contributed by atoms with Gasteiger partial charge in [-0.25, -0.2) is 8.42 Å². The molecule has 0 amide bonds. The van der Waals surface area contributed by atoms with Crippen molar-refractivity contribution in [1.82, 2.24) is 4.31 Å². The number of ether oxygens (including phenoxy) is 1. The number of anilines is 1. The van der Waals surface area contributed by atoms with Crippen molar-refractivity contribution in [2.45, 2.75) is 6.42 Å². The molecule has 0 aliphatic carbocycles. The molecule has 0 N–H and O–H groups in total. The molecule has 6 nitrogen and oxygen atoms in total. The SMILES string of the molecule is COCCCS(=O)(=O)N1CCN(c2cc(Cl)ccc2C#N)CC1. The van der Waals surface area contributed by atoms with Crippen LogP contribution in [0.15, 0.2) is 18.2 Å². The molecule has 1 aromatic carbocycles. The Balaban J connectivity index is 2.02. The Bertz CT molecular complexity index is 680. The number of methoxy groups -OCH3 is 1. The molecule has 126 valence electrons. The van der Waals surface area contributed by atoms with Gasteiger partial charge < -0.3 is 9.64 Å². The van der Waals surface area contributed by atoms with E-state index in [4.69, 9.17) is 16.3 Å². The van der Waals surface area contributed by atoms with E-state index in [-0.39, 0.29) is 5.75 Å². The molecule has 23 heavy (non-hydrogen) atoms. The monoisotopic (exact) mass is 357 g/mol. The third-order valence-corrected chi connectivity index (χ3v) is 6.00. The van der Waals surface area contributed by atoms with Gasteiger partial charge in [0.1, 0.15) is 6.07 Å². The molecule has 1 aliphatic rings. The van der Waals surface area contributed by atoms with Gasteiger partial charge in [-0.1, -0.05) is 11.6 Å². The highest BCUT2D eigenvalue weighted by Crippen LogP contribution is 2.26. The lowest BCUT2D eigenvalue weighted by molar-refractivity contribution is 0.199. The van der Waals surface area contributed by atoms with E-state index in [2.05, 4.69) is 6.07 Å². The number of rotatable bonds is 6. The number of hydrogen-bond acceptors (Lipinski definition) is 5. The van der Waals surface area contributed by atoms with E-state index < -0.39 is 10.0 Å². The topological polar surface area (TPSA) is 73.6 Å². The summed E-state index contributed by atoms with van der Waals surface area (Å²) in [5.41, 5.74) is 1.31. The third kappa shape index (κ3) is 4.58. The summed E-state index contributed by atoms with van der Waals surface area (Å²) < 4.78 is 30.9. The van der Waals surface area contributed by atoms with Crippen LogP contribution in [0.5, 0.6) is 0 Å². The second-order valence-corrected chi connectivity index (χ2v) is 7.85. The van der Waals surface area contributed by atoms with Crippen LogP contribution in [-0.2, 0) is 14.8 Å². The summed E-state index contributed by atoms with van der Waals surface area (Å²) in [5, 5.41) is 9.77. The van der Waals surface area contributed by atoms with Gasteiger partial charge in [0, 0.05) is 44.9 Å².